The van der Waals surface area contributed by atoms with Crippen LogP contribution in [-0.4, -0.2) is 7.05 Å². The van der Waals surface area contributed by atoms with Crippen molar-refractivity contribution >= 4 is 0 Å². The van der Waals surface area contributed by atoms with E-state index in [1.807, 2.05) is 0 Å². The normalized spacial score (nSPS) is 15.1. The van der Waals surface area contributed by atoms with Gasteiger partial charge in [-0.2, -0.15) is 26.3 Å². The minimum atomic E-state index is -4.85. The van der Waals surface area contributed by atoms with E-state index in [1.165, 1.54) is 7.05 Å². The summed E-state index contributed by atoms with van der Waals surface area (Å²) < 4.78 is 78.6. The van der Waals surface area contributed by atoms with Crippen molar-refractivity contribution in [2.45, 2.75) is 39.2 Å². The minimum absolute atomic E-state index is 0.681. The van der Waals surface area contributed by atoms with Crippen molar-refractivity contribution < 1.29 is 26.3 Å². The van der Waals surface area contributed by atoms with Gasteiger partial charge in [-0.1, -0.05) is 26.8 Å². The molecule has 0 aliphatic carbocycles. The number of hydrogen-bond donors (Lipinski definition) is 1. The van der Waals surface area contributed by atoms with Crippen molar-refractivity contribution in [3.8, 4) is 0 Å². The molecule has 0 saturated heterocycles. The van der Waals surface area contributed by atoms with Gasteiger partial charge < -0.3 is 5.32 Å². The Hall–Kier alpha value is -1.24. The van der Waals surface area contributed by atoms with Crippen LogP contribution in [0.1, 0.15) is 43.5 Å². The molecular weight excluding hydrogens is 296 g/mol. The highest BCUT2D eigenvalue weighted by molar-refractivity contribution is 5.42. The maximum Gasteiger partial charge on any atom is 0.416 e. The van der Waals surface area contributed by atoms with E-state index in [2.05, 4.69) is 5.32 Å². The van der Waals surface area contributed by atoms with Gasteiger partial charge in [0.05, 0.1) is 11.1 Å². The van der Waals surface area contributed by atoms with Crippen LogP contribution in [0.5, 0.6) is 0 Å². The second kappa shape index (κ2) is 5.51. The van der Waals surface area contributed by atoms with Crippen molar-refractivity contribution in [2.75, 3.05) is 7.05 Å². The third-order valence-corrected chi connectivity index (χ3v) is 3.16. The zero-order chi connectivity index (χ0) is 16.6. The first-order chi connectivity index (χ1) is 9.30. The quantitative estimate of drug-likeness (QED) is 0.755. The smallest absolute Gasteiger partial charge is 0.313 e. The van der Waals surface area contributed by atoms with Gasteiger partial charge in [0.25, 0.3) is 0 Å². The zero-order valence-electron chi connectivity index (χ0n) is 12.1. The molecule has 1 aromatic carbocycles. The number of halogens is 6. The molecule has 1 atom stereocenters. The van der Waals surface area contributed by atoms with Gasteiger partial charge in [0.15, 0.2) is 0 Å². The van der Waals surface area contributed by atoms with Crippen molar-refractivity contribution in [2.24, 2.45) is 5.41 Å². The number of hydrogen-bond acceptors (Lipinski definition) is 1. The molecule has 7 heteroatoms. The molecule has 0 aromatic heterocycles. The second-order valence-corrected chi connectivity index (χ2v) is 5.85. The van der Waals surface area contributed by atoms with Crippen LogP contribution >= 0.6 is 0 Å². The summed E-state index contributed by atoms with van der Waals surface area (Å²) in [6, 6.07) is 1.05. The summed E-state index contributed by atoms with van der Waals surface area (Å²) >= 11 is 0. The summed E-state index contributed by atoms with van der Waals surface area (Å²) in [4.78, 5) is 0. The molecule has 21 heavy (non-hydrogen) atoms. The number of alkyl halides is 6. The topological polar surface area (TPSA) is 12.0 Å². The first-order valence-corrected chi connectivity index (χ1v) is 6.24. The first kappa shape index (κ1) is 17.8. The maximum atomic E-state index is 13.1. The summed E-state index contributed by atoms with van der Waals surface area (Å²) in [5, 5.41) is 2.58. The molecule has 0 heterocycles. The Kier molecular flexibility index (Phi) is 4.68. The van der Waals surface area contributed by atoms with Crippen LogP contribution in [0, 0.1) is 5.41 Å². The van der Waals surface area contributed by atoms with Crippen LogP contribution in [0.25, 0.3) is 0 Å². The van der Waals surface area contributed by atoms with E-state index in [1.54, 1.807) is 20.8 Å². The second-order valence-electron chi connectivity index (χ2n) is 5.85. The van der Waals surface area contributed by atoms with E-state index >= 15 is 0 Å². The Labute approximate surface area is 119 Å². The predicted octanol–water partition coefficient (Wildman–Crippen LogP) is 5.03. The lowest BCUT2D eigenvalue weighted by Crippen LogP contribution is -2.34. The minimum Gasteiger partial charge on any atom is -0.313 e. The Morgan fingerprint density at radius 3 is 1.48 bits per heavy atom. The fraction of sp³-hybridized carbons (Fsp3) is 0.571. The van der Waals surface area contributed by atoms with E-state index in [9.17, 15) is 26.3 Å². The van der Waals surface area contributed by atoms with Crippen LogP contribution in [0.2, 0.25) is 0 Å². The molecule has 0 aliphatic rings. The van der Waals surface area contributed by atoms with E-state index < -0.39 is 40.5 Å². The van der Waals surface area contributed by atoms with Gasteiger partial charge in [0.1, 0.15) is 0 Å². The summed E-state index contributed by atoms with van der Waals surface area (Å²) in [6.45, 7) is 4.75. The van der Waals surface area contributed by atoms with E-state index in [0.29, 0.717) is 12.1 Å². The lowest BCUT2D eigenvalue weighted by atomic mass is 9.78. The molecule has 1 rings (SSSR count). The summed E-state index contributed by atoms with van der Waals surface area (Å²) in [7, 11) is 1.35. The van der Waals surface area contributed by atoms with E-state index in [-0.39, 0.29) is 0 Å². The van der Waals surface area contributed by atoms with Gasteiger partial charge in [0, 0.05) is 6.04 Å². The average molecular weight is 313 g/mol. The Morgan fingerprint density at radius 1 is 0.857 bits per heavy atom. The third kappa shape index (κ3) is 3.90. The van der Waals surface area contributed by atoms with Crippen LogP contribution in [0.15, 0.2) is 18.2 Å². The molecular formula is C14H17F6N. The first-order valence-electron chi connectivity index (χ1n) is 6.24. The molecule has 0 amide bonds. The van der Waals surface area contributed by atoms with Crippen molar-refractivity contribution in [1.82, 2.24) is 5.32 Å². The monoisotopic (exact) mass is 313 g/mol. The van der Waals surface area contributed by atoms with Gasteiger partial charge in [-0.3, -0.25) is 0 Å². The Morgan fingerprint density at radius 2 is 1.24 bits per heavy atom. The molecule has 0 radical (unpaired) electrons. The molecule has 0 fully saturated rings. The molecule has 0 spiro atoms. The highest BCUT2D eigenvalue weighted by Crippen LogP contribution is 2.46. The number of rotatable bonds is 2. The Balaban J connectivity index is 3.73. The summed E-state index contributed by atoms with van der Waals surface area (Å²) in [5.41, 5.74) is -4.10. The van der Waals surface area contributed by atoms with Crippen molar-refractivity contribution in [1.29, 1.82) is 0 Å². The molecule has 120 valence electrons. The highest BCUT2D eigenvalue weighted by atomic mass is 19.4. The number of nitrogens with one attached hydrogen (secondary N) is 1. The fourth-order valence-electron chi connectivity index (χ4n) is 2.38. The van der Waals surface area contributed by atoms with Gasteiger partial charge in [-0.25, -0.2) is 0 Å². The molecule has 1 aromatic rings. The molecule has 0 aliphatic heterocycles. The van der Waals surface area contributed by atoms with Gasteiger partial charge >= 0.3 is 12.4 Å². The molecule has 1 nitrogen and oxygen atoms in total. The van der Waals surface area contributed by atoms with Gasteiger partial charge in [0.2, 0.25) is 0 Å². The molecule has 0 bridgehead atoms. The maximum absolute atomic E-state index is 13.1. The average Bonchev–Trinajstić information content (AvgIpc) is 2.25. The van der Waals surface area contributed by atoms with Crippen LogP contribution in [-0.2, 0) is 12.4 Å². The third-order valence-electron chi connectivity index (χ3n) is 3.16. The van der Waals surface area contributed by atoms with Crippen molar-refractivity contribution in [3.05, 3.63) is 34.9 Å². The SMILES string of the molecule is CNC(c1c(C(F)(F)F)cccc1C(F)(F)F)C(C)(C)C. The largest absolute Gasteiger partial charge is 0.416 e. The number of benzene rings is 1. The molecule has 0 saturated carbocycles. The van der Waals surface area contributed by atoms with Gasteiger partial charge in [-0.05, 0) is 30.2 Å². The fourth-order valence-corrected chi connectivity index (χ4v) is 2.38. The summed E-state index contributed by atoms with van der Waals surface area (Å²) in [6.07, 6.45) is -9.70. The molecule has 1 N–H and O–H groups in total. The highest BCUT2D eigenvalue weighted by Gasteiger charge is 2.44. The lowest BCUT2D eigenvalue weighted by molar-refractivity contribution is -0.145. The van der Waals surface area contributed by atoms with E-state index in [4.69, 9.17) is 0 Å². The Bertz CT molecular complexity index is 463. The van der Waals surface area contributed by atoms with E-state index in [0.717, 1.165) is 6.07 Å². The summed E-state index contributed by atoms with van der Waals surface area (Å²) in [5.74, 6) is 0. The molecule has 1 unspecified atom stereocenters. The standard InChI is InChI=1S/C14H17F6N/c1-12(2,3)11(21-4)10-8(13(15,16)17)6-5-7-9(10)14(18,19)20/h5-7,11,21H,1-4H3. The van der Waals surface area contributed by atoms with Crippen LogP contribution < -0.4 is 5.32 Å². The van der Waals surface area contributed by atoms with Gasteiger partial charge in [-0.15, -0.1) is 0 Å². The lowest BCUT2D eigenvalue weighted by Gasteiger charge is -2.34. The van der Waals surface area contributed by atoms with Crippen LogP contribution in [0.3, 0.4) is 0 Å². The van der Waals surface area contributed by atoms with Crippen molar-refractivity contribution in [3.63, 3.8) is 0 Å². The zero-order valence-corrected chi connectivity index (χ0v) is 12.1. The predicted molar refractivity (Wildman–Crippen MR) is 67.7 cm³/mol. The van der Waals surface area contributed by atoms with Crippen LogP contribution in [0.4, 0.5) is 26.3 Å².